The molecule has 0 spiro atoms. The van der Waals surface area contributed by atoms with Crippen molar-refractivity contribution in [2.75, 3.05) is 0 Å². The highest BCUT2D eigenvalue weighted by Crippen LogP contribution is 2.35. The molecule has 0 bridgehead atoms. The van der Waals surface area contributed by atoms with E-state index in [2.05, 4.69) is 31.4 Å². The summed E-state index contributed by atoms with van der Waals surface area (Å²) >= 11 is 1.62. The Hall–Kier alpha value is -0.500. The SMILES string of the molecule is CC1CCCC(C(C)C(=O)C2=CCCC=CS2)CC1. The lowest BCUT2D eigenvalue weighted by molar-refractivity contribution is -0.119. The minimum Gasteiger partial charge on any atom is -0.293 e. The number of hydrogen-bond acceptors (Lipinski definition) is 2. The Morgan fingerprint density at radius 1 is 1.26 bits per heavy atom. The first-order valence-corrected chi connectivity index (χ1v) is 8.62. The molecule has 0 amide bonds. The predicted octanol–water partition coefficient (Wildman–Crippen LogP) is 5.33. The number of ketones is 1. The molecule has 0 N–H and O–H groups in total. The quantitative estimate of drug-likeness (QED) is 0.649. The van der Waals surface area contributed by atoms with Crippen LogP contribution < -0.4 is 0 Å². The van der Waals surface area contributed by atoms with Crippen LogP contribution in [-0.4, -0.2) is 5.78 Å². The van der Waals surface area contributed by atoms with Crippen molar-refractivity contribution < 1.29 is 4.79 Å². The lowest BCUT2D eigenvalue weighted by Crippen LogP contribution is -2.21. The molecule has 1 aliphatic heterocycles. The second kappa shape index (κ2) is 7.33. The lowest BCUT2D eigenvalue weighted by Gasteiger charge is -2.22. The Labute approximate surface area is 121 Å². The van der Waals surface area contributed by atoms with Crippen LogP contribution in [0.2, 0.25) is 0 Å². The Bertz CT molecular complexity index is 369. The van der Waals surface area contributed by atoms with Crippen molar-refractivity contribution in [3.63, 3.8) is 0 Å². The van der Waals surface area contributed by atoms with E-state index in [4.69, 9.17) is 0 Å². The highest BCUT2D eigenvalue weighted by atomic mass is 32.2. The van der Waals surface area contributed by atoms with Gasteiger partial charge in [0, 0.05) is 5.92 Å². The van der Waals surface area contributed by atoms with Crippen LogP contribution in [0.5, 0.6) is 0 Å². The van der Waals surface area contributed by atoms with Crippen molar-refractivity contribution in [1.29, 1.82) is 0 Å². The van der Waals surface area contributed by atoms with Crippen molar-refractivity contribution >= 4 is 17.5 Å². The second-order valence-corrected chi connectivity index (χ2v) is 7.11. The van der Waals surface area contributed by atoms with Crippen LogP contribution in [0.15, 0.2) is 22.5 Å². The van der Waals surface area contributed by atoms with E-state index in [0.717, 1.165) is 23.7 Å². The van der Waals surface area contributed by atoms with Crippen molar-refractivity contribution in [3.05, 3.63) is 22.5 Å². The van der Waals surface area contributed by atoms with Gasteiger partial charge < -0.3 is 0 Å². The Balaban J connectivity index is 1.97. The summed E-state index contributed by atoms with van der Waals surface area (Å²) in [6.45, 7) is 4.50. The smallest absolute Gasteiger partial charge is 0.172 e. The predicted molar refractivity (Wildman–Crippen MR) is 84.0 cm³/mol. The number of rotatable bonds is 3. The molecule has 0 aromatic carbocycles. The third kappa shape index (κ3) is 4.24. The first-order valence-electron chi connectivity index (χ1n) is 7.74. The third-order valence-corrected chi connectivity index (χ3v) is 5.57. The summed E-state index contributed by atoms with van der Waals surface area (Å²) in [7, 11) is 0. The average molecular weight is 278 g/mol. The van der Waals surface area contributed by atoms with E-state index in [9.17, 15) is 4.79 Å². The van der Waals surface area contributed by atoms with E-state index >= 15 is 0 Å². The Morgan fingerprint density at radius 3 is 2.95 bits per heavy atom. The largest absolute Gasteiger partial charge is 0.293 e. The first kappa shape index (κ1) is 14.9. The van der Waals surface area contributed by atoms with Crippen LogP contribution in [0.1, 0.15) is 58.8 Å². The summed E-state index contributed by atoms with van der Waals surface area (Å²) in [5.41, 5.74) is 0. The monoisotopic (exact) mass is 278 g/mol. The molecule has 1 saturated carbocycles. The van der Waals surface area contributed by atoms with Gasteiger partial charge in [-0.25, -0.2) is 0 Å². The van der Waals surface area contributed by atoms with Gasteiger partial charge in [0.1, 0.15) is 0 Å². The van der Waals surface area contributed by atoms with E-state index in [1.54, 1.807) is 11.8 Å². The second-order valence-electron chi connectivity index (χ2n) is 6.16. The van der Waals surface area contributed by atoms with Crippen LogP contribution >= 0.6 is 11.8 Å². The van der Waals surface area contributed by atoms with E-state index in [-0.39, 0.29) is 5.92 Å². The third-order valence-electron chi connectivity index (χ3n) is 4.62. The van der Waals surface area contributed by atoms with E-state index in [1.165, 1.54) is 32.1 Å². The molecule has 2 heteroatoms. The maximum atomic E-state index is 12.6. The standard InChI is InChI=1S/C17H26OS/c1-13-7-6-8-15(11-10-13)14(2)17(18)16-9-4-3-5-12-19-16/h5,9,12-15H,3-4,6-8,10-11H2,1-2H3. The van der Waals surface area contributed by atoms with Crippen LogP contribution in [0.3, 0.4) is 0 Å². The molecule has 3 atom stereocenters. The van der Waals surface area contributed by atoms with Crippen molar-refractivity contribution in [2.24, 2.45) is 17.8 Å². The molecule has 2 aliphatic rings. The van der Waals surface area contributed by atoms with Crippen molar-refractivity contribution in [1.82, 2.24) is 0 Å². The summed E-state index contributed by atoms with van der Waals surface area (Å²) < 4.78 is 0. The maximum absolute atomic E-state index is 12.6. The Morgan fingerprint density at radius 2 is 2.11 bits per heavy atom. The fourth-order valence-corrected chi connectivity index (χ4v) is 4.06. The topological polar surface area (TPSA) is 17.1 Å². The van der Waals surface area contributed by atoms with E-state index in [0.29, 0.717) is 11.7 Å². The molecule has 2 rings (SSSR count). The number of allylic oxidation sites excluding steroid dienone is 3. The molecule has 106 valence electrons. The molecule has 3 unspecified atom stereocenters. The number of hydrogen-bond donors (Lipinski definition) is 0. The summed E-state index contributed by atoms with van der Waals surface area (Å²) in [6, 6.07) is 0. The molecule has 1 nitrogen and oxygen atoms in total. The number of carbonyl (C=O) groups excluding carboxylic acids is 1. The minimum absolute atomic E-state index is 0.204. The van der Waals surface area contributed by atoms with Gasteiger partial charge in [-0.3, -0.25) is 4.79 Å². The summed E-state index contributed by atoms with van der Waals surface area (Å²) in [5, 5.41) is 2.08. The molecule has 1 heterocycles. The van der Waals surface area contributed by atoms with Crippen LogP contribution in [-0.2, 0) is 4.79 Å². The molecule has 19 heavy (non-hydrogen) atoms. The fraction of sp³-hybridized carbons (Fsp3) is 0.706. The van der Waals surface area contributed by atoms with Gasteiger partial charge in [-0.2, -0.15) is 0 Å². The van der Waals surface area contributed by atoms with Gasteiger partial charge >= 0.3 is 0 Å². The van der Waals surface area contributed by atoms with Crippen molar-refractivity contribution in [3.8, 4) is 0 Å². The van der Waals surface area contributed by atoms with Crippen LogP contribution in [0.25, 0.3) is 0 Å². The van der Waals surface area contributed by atoms with E-state index in [1.807, 2.05) is 0 Å². The zero-order chi connectivity index (χ0) is 13.7. The van der Waals surface area contributed by atoms with Gasteiger partial charge in [0.15, 0.2) is 5.78 Å². The van der Waals surface area contributed by atoms with E-state index < -0.39 is 0 Å². The number of carbonyl (C=O) groups is 1. The maximum Gasteiger partial charge on any atom is 0.172 e. The zero-order valence-corrected chi connectivity index (χ0v) is 13.0. The molecule has 0 aromatic heterocycles. The number of thioether (sulfide) groups is 1. The van der Waals surface area contributed by atoms with Gasteiger partial charge in [0.05, 0.1) is 4.91 Å². The molecule has 1 aliphatic carbocycles. The summed E-state index contributed by atoms with van der Waals surface area (Å²) in [4.78, 5) is 13.6. The van der Waals surface area contributed by atoms with Crippen molar-refractivity contribution in [2.45, 2.75) is 58.8 Å². The number of Topliss-reactive ketones (excluding diaryl/α,β-unsaturated/α-hetero) is 1. The summed E-state index contributed by atoms with van der Waals surface area (Å²) in [6.07, 6.45) is 12.8. The molecule has 1 fully saturated rings. The van der Waals surface area contributed by atoms with Gasteiger partial charge in [0.25, 0.3) is 0 Å². The molecule has 0 radical (unpaired) electrons. The first-order chi connectivity index (χ1) is 9.18. The molecular formula is C17H26OS. The van der Waals surface area contributed by atoms with Crippen LogP contribution in [0.4, 0.5) is 0 Å². The highest BCUT2D eigenvalue weighted by Gasteiger charge is 2.28. The molecular weight excluding hydrogens is 252 g/mol. The fourth-order valence-electron chi connectivity index (χ4n) is 3.16. The minimum atomic E-state index is 0.204. The molecule has 0 aromatic rings. The highest BCUT2D eigenvalue weighted by molar-refractivity contribution is 8.06. The molecule has 0 saturated heterocycles. The van der Waals surface area contributed by atoms with Gasteiger partial charge in [-0.15, -0.1) is 0 Å². The normalized spacial score (nSPS) is 30.1. The van der Waals surface area contributed by atoms with Gasteiger partial charge in [-0.05, 0) is 42.9 Å². The zero-order valence-electron chi connectivity index (χ0n) is 12.2. The Kier molecular flexibility index (Phi) is 5.75. The van der Waals surface area contributed by atoms with Crippen LogP contribution in [0, 0.1) is 17.8 Å². The summed E-state index contributed by atoms with van der Waals surface area (Å²) in [5.74, 6) is 2.04. The van der Waals surface area contributed by atoms with Gasteiger partial charge in [0.2, 0.25) is 0 Å². The average Bonchev–Trinajstić information content (AvgIpc) is 2.79. The van der Waals surface area contributed by atoms with Gasteiger partial charge in [-0.1, -0.05) is 57.0 Å². The lowest BCUT2D eigenvalue weighted by atomic mass is 9.84.